The molecule has 2 aromatic carbocycles. The van der Waals surface area contributed by atoms with Crippen LogP contribution in [-0.2, 0) is 26.9 Å². The lowest BCUT2D eigenvalue weighted by Gasteiger charge is -2.47. The second kappa shape index (κ2) is 7.56. The van der Waals surface area contributed by atoms with E-state index < -0.39 is 23.3 Å². The van der Waals surface area contributed by atoms with Gasteiger partial charge >= 0.3 is 6.16 Å². The highest BCUT2D eigenvalue weighted by atomic mass is 16.7. The van der Waals surface area contributed by atoms with Crippen molar-refractivity contribution < 1.29 is 28.9 Å². The van der Waals surface area contributed by atoms with Gasteiger partial charge in [-0.15, -0.1) is 0 Å². The topological polar surface area (TPSA) is 85.1 Å². The molecule has 2 aromatic rings. The molecule has 6 unspecified atom stereocenters. The van der Waals surface area contributed by atoms with Gasteiger partial charge in [-0.05, 0) is 56.3 Å². The Morgan fingerprint density at radius 2 is 1.94 bits per heavy atom. The number of carbonyl (C=O) groups excluding carboxylic acids is 2. The van der Waals surface area contributed by atoms with E-state index in [1.54, 1.807) is 6.07 Å². The van der Waals surface area contributed by atoms with Gasteiger partial charge in [-0.3, -0.25) is 9.69 Å². The molecule has 0 amide bonds. The Morgan fingerprint density at radius 3 is 2.78 bits per heavy atom. The first-order valence-corrected chi connectivity index (χ1v) is 13.1. The molecule has 7 rings (SSSR count). The summed E-state index contributed by atoms with van der Waals surface area (Å²) in [5.74, 6) is 0.715. The van der Waals surface area contributed by atoms with E-state index in [4.69, 9.17) is 14.2 Å². The maximum atomic E-state index is 12.9. The molecule has 1 saturated heterocycles. The van der Waals surface area contributed by atoms with Gasteiger partial charge < -0.3 is 19.3 Å². The van der Waals surface area contributed by atoms with Crippen LogP contribution in [-0.4, -0.2) is 53.3 Å². The van der Waals surface area contributed by atoms with E-state index in [2.05, 4.69) is 29.2 Å². The summed E-state index contributed by atoms with van der Waals surface area (Å²) in [4.78, 5) is 27.6. The fourth-order valence-corrected chi connectivity index (χ4v) is 8.05. The molecule has 5 aliphatic rings. The molecule has 3 aliphatic carbocycles. The van der Waals surface area contributed by atoms with Crippen LogP contribution < -0.4 is 9.47 Å². The van der Waals surface area contributed by atoms with Crippen molar-refractivity contribution >= 4 is 11.9 Å². The molecule has 2 bridgehead atoms. The van der Waals surface area contributed by atoms with Crippen molar-refractivity contribution in [3.05, 3.63) is 59.2 Å². The third-order valence-electron chi connectivity index (χ3n) is 9.55. The second-order valence-corrected chi connectivity index (χ2v) is 11.1. The van der Waals surface area contributed by atoms with Crippen LogP contribution in [0.1, 0.15) is 61.6 Å². The third kappa shape index (κ3) is 2.65. The van der Waals surface area contributed by atoms with Crippen molar-refractivity contribution in [1.29, 1.82) is 0 Å². The number of ether oxygens (including phenoxy) is 3. The summed E-state index contributed by atoms with van der Waals surface area (Å²) in [5, 5.41) is 11.9. The number of carbonyl (C=O) groups is 2. The Kier molecular flexibility index (Phi) is 4.68. The zero-order chi connectivity index (χ0) is 24.7. The molecule has 2 aliphatic heterocycles. The van der Waals surface area contributed by atoms with Crippen molar-refractivity contribution in [3.8, 4) is 11.5 Å². The van der Waals surface area contributed by atoms with Crippen LogP contribution >= 0.6 is 0 Å². The molecule has 36 heavy (non-hydrogen) atoms. The summed E-state index contributed by atoms with van der Waals surface area (Å²) in [6.45, 7) is 0.297. The van der Waals surface area contributed by atoms with Crippen LogP contribution in [0.5, 0.6) is 11.5 Å². The largest absolute Gasteiger partial charge is 0.513 e. The normalized spacial score (nSPS) is 35.7. The molecule has 7 heteroatoms. The summed E-state index contributed by atoms with van der Waals surface area (Å²) in [5.41, 5.74) is 1.32. The van der Waals surface area contributed by atoms with Gasteiger partial charge in [-0.1, -0.05) is 49.2 Å². The van der Waals surface area contributed by atoms with Gasteiger partial charge in [-0.2, -0.15) is 0 Å². The minimum atomic E-state index is -1.00. The van der Waals surface area contributed by atoms with Crippen LogP contribution in [0.4, 0.5) is 4.79 Å². The van der Waals surface area contributed by atoms with E-state index in [1.165, 1.54) is 5.56 Å². The van der Waals surface area contributed by atoms with Crippen molar-refractivity contribution in [2.75, 3.05) is 13.7 Å². The maximum Gasteiger partial charge on any atom is 0.513 e. The van der Waals surface area contributed by atoms with Gasteiger partial charge in [0.1, 0.15) is 0 Å². The standard InChI is InChI=1S/C29H31NO6/c1-30-25-28(30)17-27-22-19(28)12-13-21(23(22)36-24(27)20(31)14-15-29(25,27)33)35-26(32)34-16-8-3-2-5-9-18-10-6-4-7-11-18/h4,6-7,10-13,24-25,33H,2-3,5,8-9,14-17H2,1H3. The first-order chi connectivity index (χ1) is 17.4. The van der Waals surface area contributed by atoms with Crippen molar-refractivity contribution in [2.45, 2.75) is 80.1 Å². The number of rotatable bonds is 8. The van der Waals surface area contributed by atoms with Gasteiger partial charge in [0.05, 0.1) is 29.2 Å². The molecule has 7 nitrogen and oxygen atoms in total. The van der Waals surface area contributed by atoms with Gasteiger partial charge in [0, 0.05) is 12.0 Å². The number of Topliss-reactive ketones (excluding diaryl/α,β-unsaturated/α-hetero) is 1. The Morgan fingerprint density at radius 1 is 1.14 bits per heavy atom. The predicted molar refractivity (Wildman–Crippen MR) is 130 cm³/mol. The number of ketones is 1. The first-order valence-electron chi connectivity index (χ1n) is 13.1. The summed E-state index contributed by atoms with van der Waals surface area (Å²) in [6, 6.07) is 14.2. The van der Waals surface area contributed by atoms with E-state index in [0.717, 1.165) is 43.2 Å². The van der Waals surface area contributed by atoms with Gasteiger partial charge in [0.15, 0.2) is 23.4 Å². The average Bonchev–Trinajstić information content (AvgIpc) is 3.13. The molecule has 2 spiro atoms. The molecule has 0 aromatic heterocycles. The molecule has 6 atom stereocenters. The zero-order valence-electron chi connectivity index (χ0n) is 20.5. The zero-order valence-corrected chi connectivity index (χ0v) is 20.5. The number of likely N-dealkylation sites (tertiary alicyclic amines) is 1. The highest BCUT2D eigenvalue weighted by Gasteiger charge is 2.91. The first kappa shape index (κ1) is 22.3. The van der Waals surface area contributed by atoms with Crippen LogP contribution in [0.3, 0.4) is 0 Å². The monoisotopic (exact) mass is 489 g/mol. The summed E-state index contributed by atoms with van der Waals surface area (Å²) in [7, 11) is 2.04. The predicted octanol–water partition coefficient (Wildman–Crippen LogP) is 4.02. The minimum Gasteiger partial charge on any atom is -0.477 e. The molecule has 2 saturated carbocycles. The van der Waals surface area contributed by atoms with Crippen LogP contribution in [0.25, 0.3) is 0 Å². The molecule has 3 fully saturated rings. The van der Waals surface area contributed by atoms with Crippen LogP contribution in [0.15, 0.2) is 42.5 Å². The smallest absolute Gasteiger partial charge is 0.477 e. The minimum absolute atomic E-state index is 0.00655. The number of aryl methyl sites for hydroxylation is 1. The fourth-order valence-electron chi connectivity index (χ4n) is 8.05. The fraction of sp³-hybridized carbons (Fsp3) is 0.517. The van der Waals surface area contributed by atoms with Crippen molar-refractivity contribution in [1.82, 2.24) is 4.90 Å². The molecule has 188 valence electrons. The quantitative estimate of drug-likeness (QED) is 0.259. The lowest BCUT2D eigenvalue weighted by atomic mass is 9.59. The molecular formula is C29H31NO6. The Hall–Kier alpha value is -2.90. The highest BCUT2D eigenvalue weighted by Crippen LogP contribution is 2.81. The van der Waals surface area contributed by atoms with Crippen LogP contribution in [0.2, 0.25) is 0 Å². The number of hydrogen-bond acceptors (Lipinski definition) is 7. The van der Waals surface area contributed by atoms with Crippen molar-refractivity contribution in [2.24, 2.45) is 0 Å². The number of likely N-dealkylation sites (N-methyl/N-ethyl adjacent to an activating group) is 1. The lowest BCUT2D eigenvalue weighted by molar-refractivity contribution is -0.148. The van der Waals surface area contributed by atoms with E-state index in [1.807, 2.05) is 19.2 Å². The number of fused-ring (bicyclic) bond motifs is 1. The van der Waals surface area contributed by atoms with E-state index in [-0.39, 0.29) is 23.1 Å². The maximum absolute atomic E-state index is 12.9. The van der Waals surface area contributed by atoms with Crippen molar-refractivity contribution in [3.63, 3.8) is 0 Å². The Labute approximate surface area is 210 Å². The molecule has 0 radical (unpaired) electrons. The third-order valence-corrected chi connectivity index (χ3v) is 9.55. The number of piperidine rings is 1. The van der Waals surface area contributed by atoms with Crippen LogP contribution in [0, 0.1) is 0 Å². The van der Waals surface area contributed by atoms with E-state index in [9.17, 15) is 14.7 Å². The molecular weight excluding hydrogens is 458 g/mol. The number of unbranched alkanes of at least 4 members (excludes halogenated alkanes) is 3. The van der Waals surface area contributed by atoms with Gasteiger partial charge in [-0.25, -0.2) is 4.79 Å². The summed E-state index contributed by atoms with van der Waals surface area (Å²) >= 11 is 0. The Balaban J connectivity index is 1.00. The number of nitrogens with zero attached hydrogens (tertiary/aromatic N) is 1. The summed E-state index contributed by atoms with van der Waals surface area (Å²) < 4.78 is 17.1. The number of benzene rings is 2. The second-order valence-electron chi connectivity index (χ2n) is 11.1. The van der Waals surface area contributed by atoms with E-state index in [0.29, 0.717) is 31.6 Å². The van der Waals surface area contributed by atoms with Gasteiger partial charge in [0.25, 0.3) is 0 Å². The Bertz CT molecular complexity index is 1260. The lowest BCUT2D eigenvalue weighted by Crippen LogP contribution is -2.64. The highest BCUT2D eigenvalue weighted by molar-refractivity contribution is 5.92. The van der Waals surface area contributed by atoms with E-state index >= 15 is 0 Å². The van der Waals surface area contributed by atoms with Gasteiger partial charge in [0.2, 0.25) is 0 Å². The summed E-state index contributed by atoms with van der Waals surface area (Å²) in [6.07, 6.45) is 4.93. The number of aliphatic hydroxyl groups is 1. The molecule has 1 N–H and O–H groups in total. The SMILES string of the molecule is CN1C2C13CC14c5c3ccc(OC(=O)OCCCCCCc3ccccc3)c5OC1C(=O)CCC24O. The number of hydrogen-bond donors (Lipinski definition) is 1. The average molecular weight is 490 g/mol. The molecule has 2 heterocycles.